The lowest BCUT2D eigenvalue weighted by Gasteiger charge is -2.30. The number of nitrogens with zero attached hydrogens (tertiary/aromatic N) is 2. The van der Waals surface area contributed by atoms with Crippen molar-refractivity contribution in [1.82, 2.24) is 9.80 Å². The predicted octanol–water partition coefficient (Wildman–Crippen LogP) is 3.43. The first-order valence-corrected chi connectivity index (χ1v) is 11.2. The molecule has 2 heterocycles. The number of benzene rings is 1. The van der Waals surface area contributed by atoms with E-state index in [1.54, 1.807) is 4.90 Å². The third-order valence-corrected chi connectivity index (χ3v) is 5.36. The molecular formula is C23H34N2O6. The van der Waals surface area contributed by atoms with Crippen LogP contribution in [0.5, 0.6) is 11.5 Å². The normalized spacial score (nSPS) is 17.3. The largest absolute Gasteiger partial charge is 0.454 e. The lowest BCUT2D eigenvalue weighted by Crippen LogP contribution is -2.48. The zero-order valence-corrected chi connectivity index (χ0v) is 18.8. The van der Waals surface area contributed by atoms with Gasteiger partial charge in [0.1, 0.15) is 6.04 Å². The van der Waals surface area contributed by atoms with Gasteiger partial charge in [0.25, 0.3) is 0 Å². The Labute approximate surface area is 184 Å². The third kappa shape index (κ3) is 6.26. The van der Waals surface area contributed by atoms with Crippen molar-refractivity contribution in [3.8, 4) is 11.5 Å². The Kier molecular flexibility index (Phi) is 8.40. The average molecular weight is 435 g/mol. The molecule has 1 aromatic rings. The predicted molar refractivity (Wildman–Crippen MR) is 115 cm³/mol. The summed E-state index contributed by atoms with van der Waals surface area (Å²) in [6, 6.07) is 5.24. The van der Waals surface area contributed by atoms with E-state index in [1.165, 1.54) is 0 Å². The fourth-order valence-electron chi connectivity index (χ4n) is 3.80. The van der Waals surface area contributed by atoms with E-state index in [0.717, 1.165) is 18.4 Å². The molecule has 1 atom stereocenters. The Balaban J connectivity index is 1.69. The van der Waals surface area contributed by atoms with Crippen LogP contribution in [0.2, 0.25) is 0 Å². The molecule has 8 heteroatoms. The zero-order chi connectivity index (χ0) is 22.2. The maximum absolute atomic E-state index is 13.5. The van der Waals surface area contributed by atoms with Gasteiger partial charge in [0, 0.05) is 32.8 Å². The number of hydrogen-bond donors (Lipinski definition) is 0. The highest BCUT2D eigenvalue weighted by Gasteiger charge is 2.37. The second kappa shape index (κ2) is 11.2. The Morgan fingerprint density at radius 1 is 1.26 bits per heavy atom. The topological polar surface area (TPSA) is 77.5 Å². The Hall–Kier alpha value is -2.48. The minimum absolute atomic E-state index is 0.0480. The Bertz CT molecular complexity index is 754. The van der Waals surface area contributed by atoms with E-state index in [4.69, 9.17) is 18.9 Å². The van der Waals surface area contributed by atoms with E-state index in [9.17, 15) is 9.59 Å². The van der Waals surface area contributed by atoms with Gasteiger partial charge < -0.3 is 23.8 Å². The maximum Gasteiger partial charge on any atom is 0.410 e. The van der Waals surface area contributed by atoms with Crippen molar-refractivity contribution in [3.63, 3.8) is 0 Å². The van der Waals surface area contributed by atoms with E-state index in [0.29, 0.717) is 57.4 Å². The highest BCUT2D eigenvalue weighted by Crippen LogP contribution is 2.33. The number of ether oxygens (including phenoxy) is 4. The monoisotopic (exact) mass is 434 g/mol. The van der Waals surface area contributed by atoms with Crippen molar-refractivity contribution in [2.45, 2.75) is 52.6 Å². The van der Waals surface area contributed by atoms with E-state index >= 15 is 0 Å². The number of carbonyl (C=O) groups excluding carboxylic acids is 2. The SMILES string of the molecule is CCOCCCN(Cc1ccc2c(c1)OCO2)C(=O)C1CCCN1C(=O)OCC(C)C. The highest BCUT2D eigenvalue weighted by molar-refractivity contribution is 5.86. The quantitative estimate of drug-likeness (QED) is 0.525. The van der Waals surface area contributed by atoms with Gasteiger partial charge >= 0.3 is 6.09 Å². The van der Waals surface area contributed by atoms with Gasteiger partial charge in [0.15, 0.2) is 11.5 Å². The molecule has 0 aromatic heterocycles. The van der Waals surface area contributed by atoms with Crippen LogP contribution in [0.1, 0.15) is 45.6 Å². The molecule has 0 spiro atoms. The summed E-state index contributed by atoms with van der Waals surface area (Å²) < 4.78 is 21.7. The van der Waals surface area contributed by atoms with Gasteiger partial charge in [0.05, 0.1) is 6.61 Å². The maximum atomic E-state index is 13.5. The fourth-order valence-corrected chi connectivity index (χ4v) is 3.80. The summed E-state index contributed by atoms with van der Waals surface area (Å²) in [6.07, 6.45) is 1.78. The minimum atomic E-state index is -0.485. The molecule has 172 valence electrons. The number of carbonyl (C=O) groups is 2. The summed E-state index contributed by atoms with van der Waals surface area (Å²) in [7, 11) is 0. The third-order valence-electron chi connectivity index (χ3n) is 5.36. The van der Waals surface area contributed by atoms with Gasteiger partial charge in [-0.05, 0) is 49.8 Å². The second-order valence-electron chi connectivity index (χ2n) is 8.32. The summed E-state index contributed by atoms with van der Waals surface area (Å²) >= 11 is 0. The van der Waals surface area contributed by atoms with Gasteiger partial charge in [-0.25, -0.2) is 4.79 Å². The number of likely N-dealkylation sites (tertiary alicyclic amines) is 1. The molecule has 0 aliphatic carbocycles. The molecule has 0 N–H and O–H groups in total. The minimum Gasteiger partial charge on any atom is -0.454 e. The van der Waals surface area contributed by atoms with E-state index in [1.807, 2.05) is 43.9 Å². The lowest BCUT2D eigenvalue weighted by molar-refractivity contribution is -0.136. The Morgan fingerprint density at radius 2 is 2.06 bits per heavy atom. The number of fused-ring (bicyclic) bond motifs is 1. The van der Waals surface area contributed by atoms with Crippen LogP contribution >= 0.6 is 0 Å². The fraction of sp³-hybridized carbons (Fsp3) is 0.652. The molecule has 0 bridgehead atoms. The van der Waals surface area contributed by atoms with Gasteiger partial charge in [-0.3, -0.25) is 9.69 Å². The van der Waals surface area contributed by atoms with E-state index < -0.39 is 12.1 Å². The van der Waals surface area contributed by atoms with Crippen LogP contribution in [0.25, 0.3) is 0 Å². The standard InChI is InChI=1S/C23H34N2O6/c1-4-28-12-6-10-24(14-18-8-9-20-21(13-18)31-16-30-20)22(26)19-7-5-11-25(19)23(27)29-15-17(2)3/h8-9,13,17,19H,4-7,10-12,14-16H2,1-3H3. The molecular weight excluding hydrogens is 400 g/mol. The van der Waals surface area contributed by atoms with Crippen molar-refractivity contribution < 1.29 is 28.5 Å². The first-order valence-electron chi connectivity index (χ1n) is 11.2. The molecule has 1 fully saturated rings. The number of amides is 2. The van der Waals surface area contributed by atoms with Gasteiger partial charge in [-0.15, -0.1) is 0 Å². The van der Waals surface area contributed by atoms with Gasteiger partial charge in [0.2, 0.25) is 12.7 Å². The summed E-state index contributed by atoms with van der Waals surface area (Å²) in [5, 5.41) is 0. The summed E-state index contributed by atoms with van der Waals surface area (Å²) in [5.41, 5.74) is 0.959. The summed E-state index contributed by atoms with van der Waals surface area (Å²) in [5.74, 6) is 1.61. The first kappa shape index (κ1) is 23.2. The summed E-state index contributed by atoms with van der Waals surface area (Å²) in [4.78, 5) is 29.4. The van der Waals surface area contributed by atoms with Crippen LogP contribution in [-0.4, -0.2) is 67.5 Å². The number of rotatable bonds is 10. The number of hydrogen-bond acceptors (Lipinski definition) is 6. The molecule has 3 rings (SSSR count). The lowest BCUT2D eigenvalue weighted by atomic mass is 10.1. The van der Waals surface area contributed by atoms with Crippen LogP contribution in [0.3, 0.4) is 0 Å². The van der Waals surface area contributed by atoms with Crippen molar-refractivity contribution in [1.29, 1.82) is 0 Å². The van der Waals surface area contributed by atoms with Crippen LogP contribution in [0.4, 0.5) is 4.79 Å². The van der Waals surface area contributed by atoms with E-state index in [2.05, 4.69) is 0 Å². The molecule has 2 aliphatic heterocycles. The van der Waals surface area contributed by atoms with Crippen molar-refractivity contribution >= 4 is 12.0 Å². The molecule has 0 radical (unpaired) electrons. The zero-order valence-electron chi connectivity index (χ0n) is 18.8. The molecule has 1 aromatic carbocycles. The van der Waals surface area contributed by atoms with Crippen molar-refractivity contribution in [2.24, 2.45) is 5.92 Å². The van der Waals surface area contributed by atoms with Crippen molar-refractivity contribution in [3.05, 3.63) is 23.8 Å². The van der Waals surface area contributed by atoms with Gasteiger partial charge in [-0.1, -0.05) is 19.9 Å². The summed E-state index contributed by atoms with van der Waals surface area (Å²) in [6.45, 7) is 9.28. The molecule has 0 saturated carbocycles. The average Bonchev–Trinajstić information content (AvgIpc) is 3.42. The Morgan fingerprint density at radius 3 is 2.84 bits per heavy atom. The molecule has 1 saturated heterocycles. The molecule has 8 nitrogen and oxygen atoms in total. The van der Waals surface area contributed by atoms with Crippen LogP contribution < -0.4 is 9.47 Å². The highest BCUT2D eigenvalue weighted by atomic mass is 16.7. The van der Waals surface area contributed by atoms with Gasteiger partial charge in [-0.2, -0.15) is 0 Å². The molecule has 2 aliphatic rings. The molecule has 1 unspecified atom stereocenters. The first-order chi connectivity index (χ1) is 15.0. The van der Waals surface area contributed by atoms with Crippen molar-refractivity contribution in [2.75, 3.05) is 39.7 Å². The molecule has 31 heavy (non-hydrogen) atoms. The van der Waals surface area contributed by atoms with E-state index in [-0.39, 0.29) is 18.6 Å². The van der Waals surface area contributed by atoms with Crippen LogP contribution in [0.15, 0.2) is 18.2 Å². The molecule has 2 amide bonds. The smallest absolute Gasteiger partial charge is 0.410 e. The van der Waals surface area contributed by atoms with Crippen LogP contribution in [0, 0.1) is 5.92 Å². The van der Waals surface area contributed by atoms with Crippen LogP contribution in [-0.2, 0) is 20.8 Å². The second-order valence-corrected chi connectivity index (χ2v) is 8.32.